The first-order valence-electron chi connectivity index (χ1n) is 6.70. The molecule has 0 saturated carbocycles. The summed E-state index contributed by atoms with van der Waals surface area (Å²) in [6.45, 7) is 6.34. The van der Waals surface area contributed by atoms with Gasteiger partial charge in [-0.05, 0) is 0 Å². The van der Waals surface area contributed by atoms with Gasteiger partial charge >= 0.3 is 5.97 Å². The van der Waals surface area contributed by atoms with Crippen molar-refractivity contribution in [1.29, 1.82) is 0 Å². The van der Waals surface area contributed by atoms with Crippen LogP contribution in [0.3, 0.4) is 0 Å². The SMILES string of the molecule is COCCOCCOCCOCCOCCOC(C)=O. The number of methoxy groups -OCH3 is 1. The van der Waals surface area contributed by atoms with Crippen LogP contribution in [-0.2, 0) is 33.2 Å². The summed E-state index contributed by atoms with van der Waals surface area (Å²) in [5.41, 5.74) is 0. The Labute approximate surface area is 120 Å². The van der Waals surface area contributed by atoms with Crippen molar-refractivity contribution in [3.05, 3.63) is 0 Å². The first-order valence-corrected chi connectivity index (χ1v) is 6.70. The molecule has 0 radical (unpaired) electrons. The minimum absolute atomic E-state index is 0.279. The summed E-state index contributed by atoms with van der Waals surface area (Å²) >= 11 is 0. The molecule has 120 valence electrons. The second-order valence-electron chi connectivity index (χ2n) is 3.78. The van der Waals surface area contributed by atoms with Crippen molar-refractivity contribution in [3.8, 4) is 0 Å². The van der Waals surface area contributed by atoms with Gasteiger partial charge in [-0.15, -0.1) is 0 Å². The molecule has 0 aliphatic heterocycles. The van der Waals surface area contributed by atoms with Crippen LogP contribution in [0.2, 0.25) is 0 Å². The van der Waals surface area contributed by atoms with E-state index in [9.17, 15) is 4.79 Å². The molecule has 0 saturated heterocycles. The van der Waals surface area contributed by atoms with Gasteiger partial charge in [-0.2, -0.15) is 0 Å². The highest BCUT2D eigenvalue weighted by atomic mass is 16.6. The molecule has 0 bridgehead atoms. The maximum Gasteiger partial charge on any atom is 0.302 e. The van der Waals surface area contributed by atoms with Gasteiger partial charge in [0.25, 0.3) is 0 Å². The zero-order valence-corrected chi connectivity index (χ0v) is 12.4. The molecule has 0 aliphatic rings. The van der Waals surface area contributed by atoms with Gasteiger partial charge < -0.3 is 28.4 Å². The molecule has 0 aromatic rings. The number of hydrogen-bond donors (Lipinski definition) is 0. The molecule has 20 heavy (non-hydrogen) atoms. The molecule has 7 heteroatoms. The largest absolute Gasteiger partial charge is 0.463 e. The lowest BCUT2D eigenvalue weighted by atomic mass is 10.7. The topological polar surface area (TPSA) is 72.5 Å². The van der Waals surface area contributed by atoms with Crippen molar-refractivity contribution in [2.75, 3.05) is 73.2 Å². The van der Waals surface area contributed by atoms with Crippen molar-refractivity contribution >= 4 is 5.97 Å². The minimum atomic E-state index is -0.298. The monoisotopic (exact) mass is 294 g/mol. The highest BCUT2D eigenvalue weighted by molar-refractivity contribution is 5.65. The van der Waals surface area contributed by atoms with E-state index in [2.05, 4.69) is 0 Å². The Morgan fingerprint density at radius 2 is 1.00 bits per heavy atom. The Bertz CT molecular complexity index is 211. The van der Waals surface area contributed by atoms with Crippen molar-refractivity contribution in [1.82, 2.24) is 0 Å². The van der Waals surface area contributed by atoms with Gasteiger partial charge in [0.2, 0.25) is 0 Å². The standard InChI is InChI=1S/C13H26O7/c1-13(14)20-12-11-19-10-9-18-8-7-17-6-5-16-4-3-15-2/h3-12H2,1-2H3. The summed E-state index contributed by atoms with van der Waals surface area (Å²) in [5.74, 6) is -0.298. The van der Waals surface area contributed by atoms with Crippen LogP contribution >= 0.6 is 0 Å². The van der Waals surface area contributed by atoms with Gasteiger partial charge in [-0.1, -0.05) is 0 Å². The van der Waals surface area contributed by atoms with Gasteiger partial charge in [0.05, 0.1) is 59.5 Å². The van der Waals surface area contributed by atoms with E-state index in [4.69, 9.17) is 28.4 Å². The molecule has 0 rings (SSSR count). The third-order valence-electron chi connectivity index (χ3n) is 2.08. The zero-order chi connectivity index (χ0) is 14.9. The lowest BCUT2D eigenvalue weighted by Gasteiger charge is -2.07. The van der Waals surface area contributed by atoms with Gasteiger partial charge in [0.15, 0.2) is 0 Å². The van der Waals surface area contributed by atoms with Gasteiger partial charge in [-0.3, -0.25) is 4.79 Å². The maximum absolute atomic E-state index is 10.4. The Balaban J connectivity index is 2.94. The fourth-order valence-electron chi connectivity index (χ4n) is 1.15. The van der Waals surface area contributed by atoms with Crippen molar-refractivity contribution in [3.63, 3.8) is 0 Å². The Morgan fingerprint density at radius 1 is 0.650 bits per heavy atom. The van der Waals surface area contributed by atoms with E-state index in [0.29, 0.717) is 59.5 Å². The molecule has 0 aromatic heterocycles. The summed E-state index contributed by atoms with van der Waals surface area (Å²) in [4.78, 5) is 10.4. The van der Waals surface area contributed by atoms with Crippen LogP contribution in [0.4, 0.5) is 0 Å². The number of carbonyl (C=O) groups is 1. The number of esters is 1. The molecule has 0 fully saturated rings. The van der Waals surface area contributed by atoms with Crippen LogP contribution in [0.5, 0.6) is 0 Å². The second-order valence-corrected chi connectivity index (χ2v) is 3.78. The molecule has 0 atom stereocenters. The maximum atomic E-state index is 10.4. The Hall–Kier alpha value is -0.730. The van der Waals surface area contributed by atoms with Crippen LogP contribution in [0.25, 0.3) is 0 Å². The fourth-order valence-corrected chi connectivity index (χ4v) is 1.15. The van der Waals surface area contributed by atoms with E-state index in [1.807, 2.05) is 0 Å². The summed E-state index contributed by atoms with van der Waals surface area (Å²) in [5, 5.41) is 0. The summed E-state index contributed by atoms with van der Waals surface area (Å²) in [6, 6.07) is 0. The molecule has 0 aromatic carbocycles. The average molecular weight is 294 g/mol. The predicted molar refractivity (Wildman–Crippen MR) is 71.8 cm³/mol. The number of rotatable bonds is 15. The average Bonchev–Trinajstić information content (AvgIpc) is 2.43. The van der Waals surface area contributed by atoms with E-state index in [0.717, 1.165) is 0 Å². The Kier molecular flexibility index (Phi) is 15.7. The molecule has 0 spiro atoms. The molecular formula is C13H26O7. The predicted octanol–water partition coefficient (Wildman–Crippen LogP) is 0.262. The molecule has 0 heterocycles. The summed E-state index contributed by atoms with van der Waals surface area (Å²) in [7, 11) is 1.64. The lowest BCUT2D eigenvalue weighted by molar-refractivity contribution is -0.142. The van der Waals surface area contributed by atoms with Crippen LogP contribution in [0.15, 0.2) is 0 Å². The van der Waals surface area contributed by atoms with Gasteiger partial charge in [0, 0.05) is 14.0 Å². The number of ether oxygens (including phenoxy) is 6. The van der Waals surface area contributed by atoms with E-state index >= 15 is 0 Å². The zero-order valence-electron chi connectivity index (χ0n) is 12.4. The molecular weight excluding hydrogens is 268 g/mol. The molecule has 0 unspecified atom stereocenters. The number of carbonyl (C=O) groups excluding carboxylic acids is 1. The van der Waals surface area contributed by atoms with Gasteiger partial charge in [0.1, 0.15) is 6.61 Å². The molecule has 0 aliphatic carbocycles. The van der Waals surface area contributed by atoms with Crippen LogP contribution in [0.1, 0.15) is 6.92 Å². The van der Waals surface area contributed by atoms with E-state index in [1.54, 1.807) is 7.11 Å². The second kappa shape index (κ2) is 16.3. The first kappa shape index (κ1) is 19.3. The highest BCUT2D eigenvalue weighted by Gasteiger charge is 1.94. The van der Waals surface area contributed by atoms with Crippen molar-refractivity contribution < 1.29 is 33.2 Å². The first-order chi connectivity index (χ1) is 9.77. The summed E-state index contributed by atoms with van der Waals surface area (Å²) in [6.07, 6.45) is 0. The van der Waals surface area contributed by atoms with Crippen LogP contribution in [-0.4, -0.2) is 79.1 Å². The van der Waals surface area contributed by atoms with E-state index < -0.39 is 0 Å². The molecule has 7 nitrogen and oxygen atoms in total. The van der Waals surface area contributed by atoms with E-state index in [-0.39, 0.29) is 12.6 Å². The fraction of sp³-hybridized carbons (Fsp3) is 0.923. The molecule has 0 amide bonds. The minimum Gasteiger partial charge on any atom is -0.463 e. The highest BCUT2D eigenvalue weighted by Crippen LogP contribution is 1.84. The van der Waals surface area contributed by atoms with Crippen molar-refractivity contribution in [2.24, 2.45) is 0 Å². The third-order valence-corrected chi connectivity index (χ3v) is 2.08. The van der Waals surface area contributed by atoms with Gasteiger partial charge in [-0.25, -0.2) is 0 Å². The molecule has 0 N–H and O–H groups in total. The quantitative estimate of drug-likeness (QED) is 0.317. The van der Waals surface area contributed by atoms with Crippen molar-refractivity contribution in [2.45, 2.75) is 6.92 Å². The normalized spacial score (nSPS) is 10.7. The third kappa shape index (κ3) is 17.3. The Morgan fingerprint density at radius 3 is 1.35 bits per heavy atom. The summed E-state index contributed by atoms with van der Waals surface area (Å²) < 4.78 is 30.5. The van der Waals surface area contributed by atoms with Crippen LogP contribution in [0, 0.1) is 0 Å². The van der Waals surface area contributed by atoms with Crippen LogP contribution < -0.4 is 0 Å². The number of hydrogen-bond acceptors (Lipinski definition) is 7. The lowest BCUT2D eigenvalue weighted by Crippen LogP contribution is -2.14. The smallest absolute Gasteiger partial charge is 0.302 e. The van der Waals surface area contributed by atoms with E-state index in [1.165, 1.54) is 6.92 Å².